The minimum absolute atomic E-state index is 0.00437. The van der Waals surface area contributed by atoms with Gasteiger partial charge in [-0.2, -0.15) is 0 Å². The molecular formula is C13H14BrClFNO3S. The Morgan fingerprint density at radius 2 is 2.19 bits per heavy atom. The maximum absolute atomic E-state index is 13.9. The largest absolute Gasteiger partial charge is 0.336 e. The van der Waals surface area contributed by atoms with E-state index in [1.807, 2.05) is 6.92 Å². The van der Waals surface area contributed by atoms with Gasteiger partial charge in [0.05, 0.1) is 4.47 Å². The van der Waals surface area contributed by atoms with Crippen LogP contribution in [0.3, 0.4) is 0 Å². The summed E-state index contributed by atoms with van der Waals surface area (Å²) >= 11 is 2.84. The molecule has 1 aromatic carbocycles. The molecule has 8 heteroatoms. The van der Waals surface area contributed by atoms with Crippen LogP contribution in [0, 0.1) is 5.82 Å². The van der Waals surface area contributed by atoms with Gasteiger partial charge in [-0.25, -0.2) is 12.8 Å². The van der Waals surface area contributed by atoms with E-state index in [0.29, 0.717) is 6.54 Å². The van der Waals surface area contributed by atoms with Crippen molar-refractivity contribution < 1.29 is 17.6 Å². The molecule has 0 aromatic heterocycles. The Bertz CT molecular complexity index is 680. The number of likely N-dealkylation sites (tertiary alicyclic amines) is 1. The number of carbonyl (C=O) groups excluding carboxylic acids is 1. The molecule has 1 fully saturated rings. The second-order valence-corrected chi connectivity index (χ2v) is 8.24. The molecule has 1 aromatic rings. The first-order chi connectivity index (χ1) is 9.75. The maximum Gasteiger partial charge on any atom is 0.262 e. The van der Waals surface area contributed by atoms with Crippen LogP contribution in [-0.4, -0.2) is 31.8 Å². The van der Waals surface area contributed by atoms with Crippen LogP contribution in [0.1, 0.15) is 36.5 Å². The fourth-order valence-electron chi connectivity index (χ4n) is 2.56. The van der Waals surface area contributed by atoms with E-state index in [1.165, 1.54) is 0 Å². The van der Waals surface area contributed by atoms with E-state index in [4.69, 9.17) is 10.7 Å². The number of rotatable bonds is 3. The predicted molar refractivity (Wildman–Crippen MR) is 81.5 cm³/mol. The van der Waals surface area contributed by atoms with E-state index < -0.39 is 19.8 Å². The molecule has 0 radical (unpaired) electrons. The van der Waals surface area contributed by atoms with Crippen molar-refractivity contribution in [3.8, 4) is 0 Å². The number of hydrogen-bond donors (Lipinski definition) is 0. The van der Waals surface area contributed by atoms with Crippen molar-refractivity contribution >= 4 is 41.6 Å². The third-order valence-electron chi connectivity index (χ3n) is 3.61. The van der Waals surface area contributed by atoms with Gasteiger partial charge in [-0.3, -0.25) is 4.79 Å². The molecule has 0 aliphatic carbocycles. The van der Waals surface area contributed by atoms with E-state index in [1.54, 1.807) is 4.90 Å². The molecule has 1 saturated heterocycles. The van der Waals surface area contributed by atoms with Crippen LogP contribution >= 0.6 is 26.6 Å². The van der Waals surface area contributed by atoms with Crippen molar-refractivity contribution in [2.24, 2.45) is 0 Å². The van der Waals surface area contributed by atoms with Gasteiger partial charge in [-0.15, -0.1) is 0 Å². The molecule has 0 saturated carbocycles. The van der Waals surface area contributed by atoms with Crippen molar-refractivity contribution in [1.82, 2.24) is 4.90 Å². The highest BCUT2D eigenvalue weighted by Crippen LogP contribution is 2.31. The highest BCUT2D eigenvalue weighted by molar-refractivity contribution is 9.10. The molecule has 1 heterocycles. The molecule has 1 amide bonds. The van der Waals surface area contributed by atoms with Crippen molar-refractivity contribution in [3.63, 3.8) is 0 Å². The zero-order valence-corrected chi connectivity index (χ0v) is 14.4. The second-order valence-electron chi connectivity index (χ2n) is 4.91. The standard InChI is InChI=1S/C13H14BrClFNO3S/c1-2-9-4-3-5-17(9)13(18)8-6-10(16)12(14)11(7-8)21(15,19)20/h6-7,9H,2-5H2,1H3. The van der Waals surface area contributed by atoms with Gasteiger partial charge in [0.1, 0.15) is 10.7 Å². The lowest BCUT2D eigenvalue weighted by molar-refractivity contribution is 0.0733. The molecule has 116 valence electrons. The Morgan fingerprint density at radius 3 is 2.76 bits per heavy atom. The number of amides is 1. The van der Waals surface area contributed by atoms with E-state index in [0.717, 1.165) is 31.4 Å². The van der Waals surface area contributed by atoms with Crippen LogP contribution in [0.5, 0.6) is 0 Å². The van der Waals surface area contributed by atoms with Crippen molar-refractivity contribution in [3.05, 3.63) is 28.0 Å². The Labute approximate surface area is 135 Å². The van der Waals surface area contributed by atoms with Gasteiger partial charge in [0.25, 0.3) is 15.0 Å². The number of carbonyl (C=O) groups is 1. The molecule has 0 bridgehead atoms. The highest BCUT2D eigenvalue weighted by atomic mass is 79.9. The SMILES string of the molecule is CCC1CCCN1C(=O)c1cc(F)c(Br)c(S(=O)(=O)Cl)c1. The molecule has 0 spiro atoms. The summed E-state index contributed by atoms with van der Waals surface area (Å²) in [5.74, 6) is -1.19. The van der Waals surface area contributed by atoms with Gasteiger partial charge in [-0.05, 0) is 47.3 Å². The lowest BCUT2D eigenvalue weighted by Gasteiger charge is -2.24. The van der Waals surface area contributed by atoms with Crippen LogP contribution in [0.4, 0.5) is 4.39 Å². The van der Waals surface area contributed by atoms with Gasteiger partial charge in [0, 0.05) is 28.8 Å². The Morgan fingerprint density at radius 1 is 1.52 bits per heavy atom. The first-order valence-electron chi connectivity index (χ1n) is 6.50. The number of nitrogens with zero attached hydrogens (tertiary/aromatic N) is 1. The van der Waals surface area contributed by atoms with Crippen molar-refractivity contribution in [2.45, 2.75) is 37.1 Å². The average molecular weight is 399 g/mol. The molecule has 21 heavy (non-hydrogen) atoms. The van der Waals surface area contributed by atoms with Crippen LogP contribution in [-0.2, 0) is 9.05 Å². The molecular weight excluding hydrogens is 385 g/mol. The normalized spacial score (nSPS) is 19.0. The summed E-state index contributed by atoms with van der Waals surface area (Å²) < 4.78 is 36.5. The van der Waals surface area contributed by atoms with Crippen molar-refractivity contribution in [1.29, 1.82) is 0 Å². The monoisotopic (exact) mass is 397 g/mol. The third-order valence-corrected chi connectivity index (χ3v) is 6.03. The molecule has 4 nitrogen and oxygen atoms in total. The summed E-state index contributed by atoms with van der Waals surface area (Å²) in [6.45, 7) is 2.57. The minimum Gasteiger partial charge on any atom is -0.336 e. The summed E-state index contributed by atoms with van der Waals surface area (Å²) in [5.41, 5.74) is -0.00437. The summed E-state index contributed by atoms with van der Waals surface area (Å²) in [6.07, 6.45) is 2.61. The maximum atomic E-state index is 13.9. The number of halogens is 3. The minimum atomic E-state index is -4.14. The summed E-state index contributed by atoms with van der Waals surface area (Å²) in [4.78, 5) is 13.7. The van der Waals surface area contributed by atoms with E-state index in [9.17, 15) is 17.6 Å². The van der Waals surface area contributed by atoms with Crippen LogP contribution in [0.2, 0.25) is 0 Å². The molecule has 1 aliphatic heterocycles. The lowest BCUT2D eigenvalue weighted by atomic mass is 10.1. The van der Waals surface area contributed by atoms with Gasteiger partial charge in [0.2, 0.25) is 0 Å². The predicted octanol–water partition coefficient (Wildman–Crippen LogP) is 3.53. The quantitative estimate of drug-likeness (QED) is 0.732. The molecule has 2 rings (SSSR count). The first kappa shape index (κ1) is 16.7. The van der Waals surface area contributed by atoms with Gasteiger partial charge >= 0.3 is 0 Å². The summed E-state index contributed by atoms with van der Waals surface area (Å²) in [6, 6.07) is 2.26. The van der Waals surface area contributed by atoms with E-state index in [2.05, 4.69) is 15.9 Å². The van der Waals surface area contributed by atoms with Crippen LogP contribution < -0.4 is 0 Å². The fourth-order valence-corrected chi connectivity index (χ4v) is 4.65. The van der Waals surface area contributed by atoms with Crippen LogP contribution in [0.25, 0.3) is 0 Å². The Balaban J connectivity index is 2.45. The highest BCUT2D eigenvalue weighted by Gasteiger charge is 2.30. The first-order valence-corrected chi connectivity index (χ1v) is 9.60. The molecule has 1 atom stereocenters. The van der Waals surface area contributed by atoms with Crippen molar-refractivity contribution in [2.75, 3.05) is 6.54 Å². The smallest absolute Gasteiger partial charge is 0.262 e. The number of hydrogen-bond acceptors (Lipinski definition) is 3. The van der Waals surface area contributed by atoms with Gasteiger partial charge in [-0.1, -0.05) is 6.92 Å². The second kappa shape index (κ2) is 6.22. The third kappa shape index (κ3) is 3.40. The average Bonchev–Trinajstić information content (AvgIpc) is 2.87. The van der Waals surface area contributed by atoms with Gasteiger partial charge < -0.3 is 4.90 Å². The molecule has 0 N–H and O–H groups in total. The molecule has 1 unspecified atom stereocenters. The summed E-state index contributed by atoms with van der Waals surface area (Å²) in [7, 11) is 1.14. The van der Waals surface area contributed by atoms with Crippen LogP contribution in [0.15, 0.2) is 21.5 Å². The summed E-state index contributed by atoms with van der Waals surface area (Å²) in [5, 5.41) is 0. The van der Waals surface area contributed by atoms with E-state index >= 15 is 0 Å². The molecule has 1 aliphatic rings. The van der Waals surface area contributed by atoms with Gasteiger partial charge in [0.15, 0.2) is 0 Å². The lowest BCUT2D eigenvalue weighted by Crippen LogP contribution is -2.35. The zero-order valence-electron chi connectivity index (χ0n) is 11.3. The topological polar surface area (TPSA) is 54.5 Å². The Kier molecular flexibility index (Phi) is 4.95. The zero-order chi connectivity index (χ0) is 15.8. The Hall–Kier alpha value is -0.660. The fraction of sp³-hybridized carbons (Fsp3) is 0.462. The van der Waals surface area contributed by atoms with E-state index in [-0.39, 0.29) is 22.0 Å². The number of benzene rings is 1.